The molecule has 0 radical (unpaired) electrons. The average Bonchev–Trinajstić information content (AvgIpc) is 3.12. The molecule has 18 heavy (non-hydrogen) atoms. The Balaban J connectivity index is 1.98. The van der Waals surface area contributed by atoms with Gasteiger partial charge in [-0.3, -0.25) is 0 Å². The molecule has 100 valence electrons. The Hall–Kier alpha value is -0.600. The van der Waals surface area contributed by atoms with E-state index in [0.717, 1.165) is 0 Å². The number of hydrogen-bond acceptors (Lipinski definition) is 5. The molecule has 2 fully saturated rings. The van der Waals surface area contributed by atoms with Crippen LogP contribution in [0.2, 0.25) is 0 Å². The standard InChI is InChI=1S/C11H12F2O4S/c12-10(13,9-14-2-3-15-9)11(16-4-5-17-11)8-1-6-18-7-8/h1,6-7,9H,2-5H2. The van der Waals surface area contributed by atoms with E-state index in [4.69, 9.17) is 18.9 Å². The molecule has 7 heteroatoms. The number of ether oxygens (including phenoxy) is 4. The summed E-state index contributed by atoms with van der Waals surface area (Å²) in [5.41, 5.74) is 0.300. The van der Waals surface area contributed by atoms with Crippen LogP contribution in [-0.4, -0.2) is 38.6 Å². The highest BCUT2D eigenvalue weighted by molar-refractivity contribution is 7.08. The Morgan fingerprint density at radius 2 is 1.83 bits per heavy atom. The second-order valence-corrected chi connectivity index (χ2v) is 4.80. The van der Waals surface area contributed by atoms with Crippen LogP contribution in [0.5, 0.6) is 0 Å². The molecular formula is C11H12F2O4S. The lowest BCUT2D eigenvalue weighted by molar-refractivity contribution is -0.356. The van der Waals surface area contributed by atoms with Gasteiger partial charge in [0, 0.05) is 5.56 Å². The van der Waals surface area contributed by atoms with Crippen molar-refractivity contribution < 1.29 is 27.7 Å². The van der Waals surface area contributed by atoms with Gasteiger partial charge in [-0.1, -0.05) is 0 Å². The van der Waals surface area contributed by atoms with E-state index in [-0.39, 0.29) is 26.4 Å². The molecule has 1 aromatic rings. The number of rotatable bonds is 3. The Morgan fingerprint density at radius 3 is 2.39 bits per heavy atom. The molecule has 1 aromatic heterocycles. The summed E-state index contributed by atoms with van der Waals surface area (Å²) in [5.74, 6) is -5.50. The largest absolute Gasteiger partial charge is 0.354 e. The van der Waals surface area contributed by atoms with Crippen LogP contribution in [0, 0.1) is 0 Å². The van der Waals surface area contributed by atoms with Crippen LogP contribution in [0.3, 0.4) is 0 Å². The summed E-state index contributed by atoms with van der Waals surface area (Å²) in [7, 11) is 0. The van der Waals surface area contributed by atoms with Gasteiger partial charge in [-0.15, -0.1) is 0 Å². The summed E-state index contributed by atoms with van der Waals surface area (Å²) < 4.78 is 49.4. The zero-order valence-corrected chi connectivity index (χ0v) is 10.3. The van der Waals surface area contributed by atoms with Gasteiger partial charge in [-0.05, 0) is 16.8 Å². The summed E-state index contributed by atoms with van der Waals surface area (Å²) in [4.78, 5) is 0. The van der Waals surface area contributed by atoms with Crippen molar-refractivity contribution in [3.63, 3.8) is 0 Å². The number of halogens is 2. The fourth-order valence-electron chi connectivity index (χ4n) is 2.14. The minimum atomic E-state index is -3.40. The van der Waals surface area contributed by atoms with Crippen molar-refractivity contribution in [1.82, 2.24) is 0 Å². The Kier molecular flexibility index (Phi) is 3.11. The van der Waals surface area contributed by atoms with Crippen LogP contribution in [0.25, 0.3) is 0 Å². The SMILES string of the molecule is FC(F)(C1OCCO1)C1(c2ccsc2)OCCO1. The maximum atomic E-state index is 14.6. The van der Waals surface area contributed by atoms with E-state index in [1.807, 2.05) is 0 Å². The molecular weight excluding hydrogens is 266 g/mol. The van der Waals surface area contributed by atoms with Gasteiger partial charge in [0.2, 0.25) is 6.29 Å². The summed E-state index contributed by atoms with van der Waals surface area (Å²) in [6.45, 7) is 0.552. The normalized spacial score (nSPS) is 24.8. The lowest BCUT2D eigenvalue weighted by Gasteiger charge is -2.36. The maximum absolute atomic E-state index is 14.6. The molecule has 0 atom stereocenters. The van der Waals surface area contributed by atoms with Crippen LogP contribution < -0.4 is 0 Å². The number of thiophene rings is 1. The zero-order chi connectivity index (χ0) is 12.6. The third-order valence-corrected chi connectivity index (χ3v) is 3.64. The van der Waals surface area contributed by atoms with E-state index in [0.29, 0.717) is 5.56 Å². The first-order chi connectivity index (χ1) is 8.67. The van der Waals surface area contributed by atoms with E-state index < -0.39 is 18.0 Å². The van der Waals surface area contributed by atoms with Gasteiger partial charge in [0.1, 0.15) is 0 Å². The van der Waals surface area contributed by atoms with Crippen molar-refractivity contribution in [2.24, 2.45) is 0 Å². The Morgan fingerprint density at radius 1 is 1.17 bits per heavy atom. The second kappa shape index (κ2) is 4.50. The van der Waals surface area contributed by atoms with Gasteiger partial charge in [0.25, 0.3) is 5.79 Å². The molecule has 2 saturated heterocycles. The lowest BCUT2D eigenvalue weighted by Crippen LogP contribution is -2.54. The van der Waals surface area contributed by atoms with Crippen LogP contribution in [0.1, 0.15) is 5.56 Å². The van der Waals surface area contributed by atoms with Crippen LogP contribution in [0.15, 0.2) is 16.8 Å². The topological polar surface area (TPSA) is 36.9 Å². The van der Waals surface area contributed by atoms with Crippen LogP contribution in [0.4, 0.5) is 8.78 Å². The van der Waals surface area contributed by atoms with Gasteiger partial charge in [-0.2, -0.15) is 20.1 Å². The van der Waals surface area contributed by atoms with Gasteiger partial charge < -0.3 is 18.9 Å². The molecule has 0 amide bonds. The van der Waals surface area contributed by atoms with E-state index >= 15 is 0 Å². The number of hydrogen-bond donors (Lipinski definition) is 0. The van der Waals surface area contributed by atoms with Crippen molar-refractivity contribution in [2.45, 2.75) is 18.0 Å². The summed E-state index contributed by atoms with van der Waals surface area (Å²) in [6, 6.07) is 1.57. The minimum Gasteiger partial charge on any atom is -0.345 e. The third kappa shape index (κ3) is 1.70. The fourth-order valence-corrected chi connectivity index (χ4v) is 2.82. The molecule has 0 N–H and O–H groups in total. The van der Waals surface area contributed by atoms with E-state index in [2.05, 4.69) is 0 Å². The summed E-state index contributed by atoms with van der Waals surface area (Å²) in [5, 5.41) is 3.29. The number of alkyl halides is 2. The Bertz CT molecular complexity index is 397. The first-order valence-electron chi connectivity index (χ1n) is 5.58. The molecule has 0 saturated carbocycles. The third-order valence-electron chi connectivity index (χ3n) is 2.95. The fraction of sp³-hybridized carbons (Fsp3) is 0.636. The maximum Gasteiger partial charge on any atom is 0.354 e. The smallest absolute Gasteiger partial charge is 0.345 e. The molecule has 2 aliphatic rings. The molecule has 0 unspecified atom stereocenters. The molecule has 2 aliphatic heterocycles. The van der Waals surface area contributed by atoms with Gasteiger partial charge >= 0.3 is 5.92 Å². The first-order valence-corrected chi connectivity index (χ1v) is 6.53. The van der Waals surface area contributed by atoms with Crippen molar-refractivity contribution >= 4 is 11.3 Å². The molecule has 3 rings (SSSR count). The molecule has 0 bridgehead atoms. The van der Waals surface area contributed by atoms with Crippen molar-refractivity contribution in [3.05, 3.63) is 22.4 Å². The average molecular weight is 278 g/mol. The van der Waals surface area contributed by atoms with E-state index in [1.165, 1.54) is 11.3 Å². The minimum absolute atomic E-state index is 0.123. The summed E-state index contributed by atoms with van der Waals surface area (Å²) in [6.07, 6.45) is -1.63. The zero-order valence-electron chi connectivity index (χ0n) is 9.43. The van der Waals surface area contributed by atoms with Gasteiger partial charge in [0.05, 0.1) is 26.4 Å². The van der Waals surface area contributed by atoms with Crippen molar-refractivity contribution in [2.75, 3.05) is 26.4 Å². The second-order valence-electron chi connectivity index (χ2n) is 4.02. The van der Waals surface area contributed by atoms with Gasteiger partial charge in [0.15, 0.2) is 0 Å². The van der Waals surface area contributed by atoms with E-state index in [9.17, 15) is 8.78 Å². The Labute approximate surface area is 106 Å². The molecule has 0 aromatic carbocycles. The highest BCUT2D eigenvalue weighted by Gasteiger charge is 2.66. The highest BCUT2D eigenvalue weighted by Crippen LogP contribution is 2.48. The molecule has 0 spiro atoms. The van der Waals surface area contributed by atoms with Crippen LogP contribution in [-0.2, 0) is 24.7 Å². The first kappa shape index (κ1) is 12.4. The predicted molar refractivity (Wildman–Crippen MR) is 58.5 cm³/mol. The van der Waals surface area contributed by atoms with Crippen LogP contribution >= 0.6 is 11.3 Å². The van der Waals surface area contributed by atoms with Crippen molar-refractivity contribution in [3.8, 4) is 0 Å². The van der Waals surface area contributed by atoms with Crippen molar-refractivity contribution in [1.29, 1.82) is 0 Å². The quantitative estimate of drug-likeness (QED) is 0.847. The molecule has 4 nitrogen and oxygen atoms in total. The highest BCUT2D eigenvalue weighted by atomic mass is 32.1. The predicted octanol–water partition coefficient (Wildman–Crippen LogP) is 1.96. The monoisotopic (exact) mass is 278 g/mol. The summed E-state index contributed by atoms with van der Waals surface area (Å²) >= 11 is 1.31. The lowest BCUT2D eigenvalue weighted by atomic mass is 10.0. The van der Waals surface area contributed by atoms with Gasteiger partial charge in [-0.25, -0.2) is 0 Å². The molecule has 0 aliphatic carbocycles. The van der Waals surface area contributed by atoms with E-state index in [1.54, 1.807) is 16.8 Å². The molecule has 3 heterocycles.